The van der Waals surface area contributed by atoms with Crippen molar-refractivity contribution in [3.05, 3.63) is 59.7 Å². The minimum atomic E-state index is -0.850. The summed E-state index contributed by atoms with van der Waals surface area (Å²) in [5.41, 5.74) is -0.117. The Morgan fingerprint density at radius 2 is 1.73 bits per heavy atom. The molecule has 2 rings (SSSR count). The van der Waals surface area contributed by atoms with Crippen molar-refractivity contribution in [2.45, 2.75) is 0 Å². The Morgan fingerprint density at radius 3 is 2.41 bits per heavy atom. The Labute approximate surface area is 124 Å². The van der Waals surface area contributed by atoms with Crippen molar-refractivity contribution < 1.29 is 23.1 Å². The van der Waals surface area contributed by atoms with Crippen molar-refractivity contribution in [2.24, 2.45) is 0 Å². The maximum atomic E-state index is 13.5. The highest BCUT2D eigenvalue weighted by Gasteiger charge is 2.13. The van der Waals surface area contributed by atoms with E-state index in [0.29, 0.717) is 0 Å². The topological polar surface area (TPSA) is 67.4 Å². The minimum absolute atomic E-state index is 0.144. The van der Waals surface area contributed by atoms with Crippen molar-refractivity contribution in [1.29, 1.82) is 0 Å². The van der Waals surface area contributed by atoms with Crippen LogP contribution in [-0.4, -0.2) is 19.1 Å². The van der Waals surface area contributed by atoms with Gasteiger partial charge in [0, 0.05) is 5.69 Å². The lowest BCUT2D eigenvalue weighted by Gasteiger charge is -2.09. The van der Waals surface area contributed by atoms with Crippen LogP contribution in [0.25, 0.3) is 0 Å². The Bertz CT molecular complexity index is 720. The predicted molar refractivity (Wildman–Crippen MR) is 76.8 cm³/mol. The molecule has 0 aliphatic heterocycles. The monoisotopic (exact) mass is 306 g/mol. The molecule has 0 saturated heterocycles. The summed E-state index contributed by atoms with van der Waals surface area (Å²) in [6.07, 6.45) is -0.850. The lowest BCUT2D eigenvalue weighted by molar-refractivity contribution is 0.102. The Morgan fingerprint density at radius 1 is 1.00 bits per heavy atom. The van der Waals surface area contributed by atoms with Gasteiger partial charge in [-0.1, -0.05) is 12.1 Å². The van der Waals surface area contributed by atoms with Crippen LogP contribution in [0.3, 0.4) is 0 Å². The van der Waals surface area contributed by atoms with Crippen LogP contribution in [-0.2, 0) is 4.74 Å². The Balaban J connectivity index is 2.20. The van der Waals surface area contributed by atoms with E-state index < -0.39 is 23.6 Å². The molecule has 0 saturated carbocycles. The number of carbonyl (C=O) groups is 2. The zero-order valence-electron chi connectivity index (χ0n) is 11.5. The van der Waals surface area contributed by atoms with Gasteiger partial charge in [-0.25, -0.2) is 13.6 Å². The molecule has 114 valence electrons. The highest BCUT2D eigenvalue weighted by molar-refractivity contribution is 6.04. The summed E-state index contributed by atoms with van der Waals surface area (Å²) in [5, 5.41) is 4.58. The summed E-state index contributed by atoms with van der Waals surface area (Å²) in [5.74, 6) is -2.06. The first kappa shape index (κ1) is 15.4. The molecule has 22 heavy (non-hydrogen) atoms. The van der Waals surface area contributed by atoms with Crippen LogP contribution in [0.2, 0.25) is 0 Å². The molecule has 2 amide bonds. The minimum Gasteiger partial charge on any atom is -0.453 e. The third kappa shape index (κ3) is 3.57. The molecule has 2 N–H and O–H groups in total. The number of amides is 2. The Hall–Kier alpha value is -2.96. The van der Waals surface area contributed by atoms with Crippen LogP contribution in [0, 0.1) is 11.6 Å². The van der Waals surface area contributed by atoms with Crippen molar-refractivity contribution in [3.63, 3.8) is 0 Å². The number of hydrogen-bond donors (Lipinski definition) is 2. The van der Waals surface area contributed by atoms with Crippen molar-refractivity contribution >= 4 is 23.4 Å². The van der Waals surface area contributed by atoms with E-state index in [0.717, 1.165) is 19.2 Å². The number of halogens is 2. The van der Waals surface area contributed by atoms with E-state index in [1.54, 1.807) is 0 Å². The highest BCUT2D eigenvalue weighted by Crippen LogP contribution is 2.20. The Kier molecular flexibility index (Phi) is 4.67. The lowest BCUT2D eigenvalue weighted by atomic mass is 10.2. The van der Waals surface area contributed by atoms with Crippen LogP contribution in [0.1, 0.15) is 10.4 Å². The molecule has 0 unspecified atom stereocenters. The second-order valence-corrected chi connectivity index (χ2v) is 4.25. The molecule has 0 bridgehead atoms. The second kappa shape index (κ2) is 6.66. The number of carbonyl (C=O) groups excluding carboxylic acids is 2. The highest BCUT2D eigenvalue weighted by atomic mass is 19.1. The molecule has 0 aliphatic rings. The standard InChI is InChI=1S/C15H12F2N2O3/c1-22-15(21)19-13-8-9(6-7-12(13)17)18-14(20)10-4-2-3-5-11(10)16/h2-8H,1H3,(H,18,20)(H,19,21). The summed E-state index contributed by atoms with van der Waals surface area (Å²) in [6, 6.07) is 9.00. The molecule has 0 spiro atoms. The van der Waals surface area contributed by atoms with Gasteiger partial charge in [0.05, 0.1) is 18.4 Å². The SMILES string of the molecule is COC(=O)Nc1cc(NC(=O)c2ccccc2F)ccc1F. The molecule has 0 heterocycles. The van der Waals surface area contributed by atoms with Crippen LogP contribution in [0.15, 0.2) is 42.5 Å². The van der Waals surface area contributed by atoms with Gasteiger partial charge in [0.15, 0.2) is 0 Å². The predicted octanol–water partition coefficient (Wildman–Crippen LogP) is 3.40. The van der Waals surface area contributed by atoms with Gasteiger partial charge >= 0.3 is 6.09 Å². The van der Waals surface area contributed by atoms with E-state index in [9.17, 15) is 18.4 Å². The summed E-state index contributed by atoms with van der Waals surface area (Å²) in [6.45, 7) is 0. The first-order valence-corrected chi connectivity index (χ1v) is 6.21. The average molecular weight is 306 g/mol. The summed E-state index contributed by atoms with van der Waals surface area (Å²) in [4.78, 5) is 23.0. The lowest BCUT2D eigenvalue weighted by Crippen LogP contribution is -2.15. The van der Waals surface area contributed by atoms with Gasteiger partial charge < -0.3 is 10.1 Å². The zero-order valence-corrected chi connectivity index (χ0v) is 11.5. The van der Waals surface area contributed by atoms with Gasteiger partial charge in [-0.2, -0.15) is 0 Å². The number of rotatable bonds is 3. The first-order chi connectivity index (χ1) is 10.5. The number of benzene rings is 2. The van der Waals surface area contributed by atoms with E-state index in [1.807, 2.05) is 0 Å². The maximum Gasteiger partial charge on any atom is 0.411 e. The van der Waals surface area contributed by atoms with Gasteiger partial charge in [-0.15, -0.1) is 0 Å². The zero-order chi connectivity index (χ0) is 16.1. The molecule has 0 radical (unpaired) electrons. The summed E-state index contributed by atoms with van der Waals surface area (Å²) in [7, 11) is 1.14. The number of methoxy groups -OCH3 is 1. The quantitative estimate of drug-likeness (QED) is 0.913. The first-order valence-electron chi connectivity index (χ1n) is 6.21. The number of hydrogen-bond acceptors (Lipinski definition) is 3. The van der Waals surface area contributed by atoms with Crippen LogP contribution >= 0.6 is 0 Å². The van der Waals surface area contributed by atoms with Gasteiger partial charge in [-0.3, -0.25) is 10.1 Å². The molecule has 2 aromatic rings. The second-order valence-electron chi connectivity index (χ2n) is 4.25. The fourth-order valence-electron chi connectivity index (χ4n) is 1.70. The van der Waals surface area contributed by atoms with Gasteiger partial charge in [0.25, 0.3) is 5.91 Å². The van der Waals surface area contributed by atoms with E-state index in [1.165, 1.54) is 30.3 Å². The molecule has 0 fully saturated rings. The molecule has 0 aromatic heterocycles. The third-order valence-corrected chi connectivity index (χ3v) is 2.76. The number of nitrogens with one attached hydrogen (secondary N) is 2. The van der Waals surface area contributed by atoms with Crippen molar-refractivity contribution in [2.75, 3.05) is 17.7 Å². The smallest absolute Gasteiger partial charge is 0.411 e. The van der Waals surface area contributed by atoms with Crippen molar-refractivity contribution in [3.8, 4) is 0 Å². The van der Waals surface area contributed by atoms with Gasteiger partial charge in [-0.05, 0) is 30.3 Å². The van der Waals surface area contributed by atoms with Crippen LogP contribution in [0.5, 0.6) is 0 Å². The molecular weight excluding hydrogens is 294 g/mol. The van der Waals surface area contributed by atoms with Gasteiger partial charge in [0.1, 0.15) is 11.6 Å². The molecule has 0 aliphatic carbocycles. The van der Waals surface area contributed by atoms with Crippen molar-refractivity contribution in [1.82, 2.24) is 0 Å². The van der Waals surface area contributed by atoms with E-state index in [-0.39, 0.29) is 16.9 Å². The fraction of sp³-hybridized carbons (Fsp3) is 0.0667. The molecule has 5 nitrogen and oxygen atoms in total. The number of ether oxygens (including phenoxy) is 1. The summed E-state index contributed by atoms with van der Waals surface area (Å²) >= 11 is 0. The largest absolute Gasteiger partial charge is 0.453 e. The molecular formula is C15H12F2N2O3. The maximum absolute atomic E-state index is 13.5. The average Bonchev–Trinajstić information content (AvgIpc) is 2.50. The molecule has 0 atom stereocenters. The third-order valence-electron chi connectivity index (χ3n) is 2.76. The van der Waals surface area contributed by atoms with E-state index >= 15 is 0 Å². The van der Waals surface area contributed by atoms with E-state index in [4.69, 9.17) is 0 Å². The summed E-state index contributed by atoms with van der Waals surface area (Å²) < 4.78 is 31.4. The van der Waals surface area contributed by atoms with Crippen LogP contribution in [0.4, 0.5) is 25.0 Å². The molecule has 2 aromatic carbocycles. The van der Waals surface area contributed by atoms with E-state index in [2.05, 4.69) is 15.4 Å². The fourth-order valence-corrected chi connectivity index (χ4v) is 1.70. The van der Waals surface area contributed by atoms with Crippen LogP contribution < -0.4 is 10.6 Å². The normalized spacial score (nSPS) is 9.95. The number of anilines is 2. The van der Waals surface area contributed by atoms with Gasteiger partial charge in [0.2, 0.25) is 0 Å². The molecule has 7 heteroatoms.